The zero-order chi connectivity index (χ0) is 15.3. The summed E-state index contributed by atoms with van der Waals surface area (Å²) in [4.78, 5) is 0. The van der Waals surface area contributed by atoms with Gasteiger partial charge in [-0.1, -0.05) is 37.6 Å². The van der Waals surface area contributed by atoms with Crippen LogP contribution >= 0.6 is 0 Å². The van der Waals surface area contributed by atoms with Crippen molar-refractivity contribution in [2.24, 2.45) is 0 Å². The molecule has 21 heavy (non-hydrogen) atoms. The third kappa shape index (κ3) is 4.08. The van der Waals surface area contributed by atoms with E-state index in [1.807, 2.05) is 0 Å². The molecule has 1 aromatic rings. The molecule has 1 aliphatic carbocycles. The molecule has 2 rings (SSSR count). The maximum atomic E-state index is 5.99. The SMILES string of the molecule is CCCNC(c1ccc(C2CCC2)cc1)C(C)(C)OCC. The molecular weight excluding hydrogens is 258 g/mol. The molecule has 0 aliphatic heterocycles. The lowest BCUT2D eigenvalue weighted by molar-refractivity contribution is -0.0391. The van der Waals surface area contributed by atoms with E-state index < -0.39 is 0 Å². The van der Waals surface area contributed by atoms with Crippen LogP contribution in [-0.4, -0.2) is 18.8 Å². The van der Waals surface area contributed by atoms with Crippen molar-refractivity contribution in [2.75, 3.05) is 13.2 Å². The van der Waals surface area contributed by atoms with Gasteiger partial charge in [0.1, 0.15) is 0 Å². The van der Waals surface area contributed by atoms with Gasteiger partial charge < -0.3 is 10.1 Å². The van der Waals surface area contributed by atoms with Crippen molar-refractivity contribution in [1.82, 2.24) is 5.32 Å². The average Bonchev–Trinajstić information content (AvgIpc) is 2.38. The first kappa shape index (κ1) is 16.5. The van der Waals surface area contributed by atoms with Crippen molar-refractivity contribution in [3.05, 3.63) is 35.4 Å². The molecule has 1 aliphatic rings. The first-order chi connectivity index (χ1) is 10.1. The van der Waals surface area contributed by atoms with Crippen LogP contribution in [0, 0.1) is 0 Å². The summed E-state index contributed by atoms with van der Waals surface area (Å²) in [6.07, 6.45) is 5.26. The van der Waals surface area contributed by atoms with E-state index in [0.29, 0.717) is 0 Å². The summed E-state index contributed by atoms with van der Waals surface area (Å²) >= 11 is 0. The Labute approximate surface area is 130 Å². The summed E-state index contributed by atoms with van der Waals surface area (Å²) < 4.78 is 5.99. The molecule has 0 amide bonds. The van der Waals surface area contributed by atoms with Crippen LogP contribution in [0.2, 0.25) is 0 Å². The largest absolute Gasteiger partial charge is 0.374 e. The van der Waals surface area contributed by atoms with E-state index in [2.05, 4.69) is 57.3 Å². The molecule has 0 spiro atoms. The fourth-order valence-electron chi connectivity index (χ4n) is 3.21. The van der Waals surface area contributed by atoms with Crippen molar-refractivity contribution in [2.45, 2.75) is 70.9 Å². The molecule has 0 heterocycles. The smallest absolute Gasteiger partial charge is 0.0820 e. The number of rotatable bonds is 8. The zero-order valence-corrected chi connectivity index (χ0v) is 14.1. The van der Waals surface area contributed by atoms with Gasteiger partial charge in [0.25, 0.3) is 0 Å². The zero-order valence-electron chi connectivity index (χ0n) is 14.1. The molecule has 2 heteroatoms. The van der Waals surface area contributed by atoms with E-state index in [0.717, 1.165) is 25.5 Å². The Kier molecular flexibility index (Phi) is 5.83. The second-order valence-corrected chi connectivity index (χ2v) is 6.72. The second kappa shape index (κ2) is 7.42. The highest BCUT2D eigenvalue weighted by molar-refractivity contribution is 5.29. The van der Waals surface area contributed by atoms with Gasteiger partial charge in [-0.2, -0.15) is 0 Å². The fourth-order valence-corrected chi connectivity index (χ4v) is 3.21. The lowest BCUT2D eigenvalue weighted by Crippen LogP contribution is -2.42. The molecular formula is C19H31NO. The van der Waals surface area contributed by atoms with Gasteiger partial charge in [0, 0.05) is 6.61 Å². The van der Waals surface area contributed by atoms with Crippen LogP contribution in [-0.2, 0) is 4.74 Å². The number of hydrogen-bond donors (Lipinski definition) is 1. The van der Waals surface area contributed by atoms with Crippen LogP contribution in [0.1, 0.15) is 76.5 Å². The molecule has 1 saturated carbocycles. The summed E-state index contributed by atoms with van der Waals surface area (Å²) in [7, 11) is 0. The van der Waals surface area contributed by atoms with Gasteiger partial charge >= 0.3 is 0 Å². The van der Waals surface area contributed by atoms with Gasteiger partial charge in [-0.25, -0.2) is 0 Å². The maximum absolute atomic E-state index is 5.99. The van der Waals surface area contributed by atoms with E-state index in [4.69, 9.17) is 4.74 Å². The average molecular weight is 289 g/mol. The molecule has 0 radical (unpaired) electrons. The van der Waals surface area contributed by atoms with Gasteiger partial charge in [0.2, 0.25) is 0 Å². The molecule has 118 valence electrons. The molecule has 1 N–H and O–H groups in total. The fraction of sp³-hybridized carbons (Fsp3) is 0.684. The van der Waals surface area contributed by atoms with Gasteiger partial charge in [-0.05, 0) is 63.6 Å². The second-order valence-electron chi connectivity index (χ2n) is 6.72. The van der Waals surface area contributed by atoms with Crippen LogP contribution in [0.5, 0.6) is 0 Å². The van der Waals surface area contributed by atoms with Crippen LogP contribution in [0.25, 0.3) is 0 Å². The third-order valence-corrected chi connectivity index (χ3v) is 4.66. The van der Waals surface area contributed by atoms with E-state index in [1.165, 1.54) is 30.4 Å². The molecule has 1 aromatic carbocycles. The van der Waals surface area contributed by atoms with E-state index in [-0.39, 0.29) is 11.6 Å². The number of ether oxygens (including phenoxy) is 1. The van der Waals surface area contributed by atoms with Crippen molar-refractivity contribution in [1.29, 1.82) is 0 Å². The van der Waals surface area contributed by atoms with Crippen LogP contribution in [0.3, 0.4) is 0 Å². The molecule has 2 nitrogen and oxygen atoms in total. The quantitative estimate of drug-likeness (QED) is 0.741. The monoisotopic (exact) mass is 289 g/mol. The van der Waals surface area contributed by atoms with Gasteiger partial charge in [-0.15, -0.1) is 0 Å². The third-order valence-electron chi connectivity index (χ3n) is 4.66. The Hall–Kier alpha value is -0.860. The Morgan fingerprint density at radius 1 is 1.19 bits per heavy atom. The lowest BCUT2D eigenvalue weighted by atomic mass is 9.79. The predicted octanol–water partition coefficient (Wildman–Crippen LogP) is 4.81. The Morgan fingerprint density at radius 2 is 1.86 bits per heavy atom. The molecule has 1 atom stereocenters. The minimum Gasteiger partial charge on any atom is -0.374 e. The first-order valence-electron chi connectivity index (χ1n) is 8.55. The Balaban J connectivity index is 2.14. The normalized spacial score (nSPS) is 17.5. The molecule has 0 aromatic heterocycles. The van der Waals surface area contributed by atoms with Gasteiger partial charge in [0.05, 0.1) is 11.6 Å². The van der Waals surface area contributed by atoms with Crippen LogP contribution in [0.15, 0.2) is 24.3 Å². The number of nitrogens with one attached hydrogen (secondary N) is 1. The summed E-state index contributed by atoms with van der Waals surface area (Å²) in [6.45, 7) is 10.4. The van der Waals surface area contributed by atoms with Gasteiger partial charge in [-0.3, -0.25) is 0 Å². The molecule has 0 bridgehead atoms. The minimum atomic E-state index is -0.193. The first-order valence-corrected chi connectivity index (χ1v) is 8.55. The molecule has 1 fully saturated rings. The van der Waals surface area contributed by atoms with Crippen LogP contribution < -0.4 is 5.32 Å². The molecule has 1 unspecified atom stereocenters. The van der Waals surface area contributed by atoms with Crippen molar-refractivity contribution in [3.8, 4) is 0 Å². The maximum Gasteiger partial charge on any atom is 0.0820 e. The lowest BCUT2D eigenvalue weighted by Gasteiger charge is -2.35. The van der Waals surface area contributed by atoms with Crippen molar-refractivity contribution < 1.29 is 4.74 Å². The van der Waals surface area contributed by atoms with Gasteiger partial charge in [0.15, 0.2) is 0 Å². The van der Waals surface area contributed by atoms with Crippen molar-refractivity contribution >= 4 is 0 Å². The minimum absolute atomic E-state index is 0.193. The molecule has 0 saturated heterocycles. The standard InChI is InChI=1S/C19H31NO/c1-5-14-20-18(19(3,4)21-6-2)17-12-10-16(11-13-17)15-8-7-9-15/h10-13,15,18,20H,5-9,14H2,1-4H3. The summed E-state index contributed by atoms with van der Waals surface area (Å²) in [5, 5.41) is 3.66. The summed E-state index contributed by atoms with van der Waals surface area (Å²) in [5.41, 5.74) is 2.65. The predicted molar refractivity (Wildman–Crippen MR) is 89.8 cm³/mol. The highest BCUT2D eigenvalue weighted by Gasteiger charge is 2.31. The topological polar surface area (TPSA) is 21.3 Å². The van der Waals surface area contributed by atoms with Crippen LogP contribution in [0.4, 0.5) is 0 Å². The number of hydrogen-bond acceptors (Lipinski definition) is 2. The van der Waals surface area contributed by atoms with E-state index >= 15 is 0 Å². The number of benzene rings is 1. The summed E-state index contributed by atoms with van der Waals surface area (Å²) in [5.74, 6) is 0.806. The Morgan fingerprint density at radius 3 is 2.33 bits per heavy atom. The summed E-state index contributed by atoms with van der Waals surface area (Å²) in [6, 6.07) is 9.47. The van der Waals surface area contributed by atoms with E-state index in [9.17, 15) is 0 Å². The highest BCUT2D eigenvalue weighted by Crippen LogP contribution is 2.37. The van der Waals surface area contributed by atoms with Crippen molar-refractivity contribution in [3.63, 3.8) is 0 Å². The Bertz CT molecular complexity index is 420. The highest BCUT2D eigenvalue weighted by atomic mass is 16.5. The van der Waals surface area contributed by atoms with E-state index in [1.54, 1.807) is 0 Å².